The molecule has 6 rings (SSSR count). The topological polar surface area (TPSA) is 68.0 Å². The number of piperidine rings is 1. The highest BCUT2D eigenvalue weighted by atomic mass is 19.1. The van der Waals surface area contributed by atoms with Gasteiger partial charge < -0.3 is 20.1 Å². The Morgan fingerprint density at radius 1 is 1.10 bits per heavy atom. The van der Waals surface area contributed by atoms with E-state index in [4.69, 9.17) is 15.2 Å². The lowest BCUT2D eigenvalue weighted by Gasteiger charge is -2.42. The number of allylic oxidation sites excluding steroid dienone is 2. The predicted octanol–water partition coefficient (Wildman–Crippen LogP) is 4.62. The van der Waals surface area contributed by atoms with Gasteiger partial charge in [-0.05, 0) is 65.0 Å². The largest absolute Gasteiger partial charge is 0.378 e. The lowest BCUT2D eigenvalue weighted by Crippen LogP contribution is -2.44. The van der Waals surface area contributed by atoms with E-state index in [9.17, 15) is 4.79 Å². The normalized spacial score (nSPS) is 29.3. The van der Waals surface area contributed by atoms with E-state index in [1.165, 1.54) is 11.1 Å². The molecule has 2 N–H and O–H groups in total. The number of carbonyl (C=O) groups excluding carboxylic acids is 1. The van der Waals surface area contributed by atoms with Crippen LogP contribution in [0.5, 0.6) is 0 Å². The average molecular weight is 560 g/mol. The van der Waals surface area contributed by atoms with Gasteiger partial charge >= 0.3 is 0 Å². The van der Waals surface area contributed by atoms with Crippen LogP contribution in [0.25, 0.3) is 0 Å². The monoisotopic (exact) mass is 559 g/mol. The molecule has 4 unspecified atom stereocenters. The molecule has 2 aliphatic carbocycles. The van der Waals surface area contributed by atoms with Crippen LogP contribution in [0.2, 0.25) is 0 Å². The third-order valence-electron chi connectivity index (χ3n) is 9.82. The molecular weight excluding hydrogens is 517 g/mol. The van der Waals surface area contributed by atoms with Crippen LogP contribution in [0.15, 0.2) is 66.3 Å². The predicted molar refractivity (Wildman–Crippen MR) is 159 cm³/mol. The van der Waals surface area contributed by atoms with Gasteiger partial charge in [0.05, 0.1) is 31.4 Å². The first kappa shape index (κ1) is 28.1. The van der Waals surface area contributed by atoms with E-state index in [-0.39, 0.29) is 24.2 Å². The molecule has 1 amide bonds. The summed E-state index contributed by atoms with van der Waals surface area (Å²) in [6, 6.07) is 14.6. The zero-order valence-electron chi connectivity index (χ0n) is 24.2. The van der Waals surface area contributed by atoms with Crippen LogP contribution in [-0.2, 0) is 32.6 Å². The molecule has 1 saturated carbocycles. The summed E-state index contributed by atoms with van der Waals surface area (Å²) < 4.78 is 27.4. The minimum Gasteiger partial charge on any atom is -0.378 e. The van der Waals surface area contributed by atoms with Crippen molar-refractivity contribution < 1.29 is 18.7 Å². The number of benzene rings is 2. The zero-order valence-corrected chi connectivity index (χ0v) is 24.2. The highest BCUT2D eigenvalue weighted by molar-refractivity contribution is 5.77. The molecule has 6 nitrogen and oxygen atoms in total. The second-order valence-electron chi connectivity index (χ2n) is 12.2. The van der Waals surface area contributed by atoms with Crippen LogP contribution in [0, 0.1) is 23.6 Å². The summed E-state index contributed by atoms with van der Waals surface area (Å²) >= 11 is 0. The second kappa shape index (κ2) is 11.7. The highest BCUT2D eigenvalue weighted by Crippen LogP contribution is 2.59. The van der Waals surface area contributed by atoms with Crippen LogP contribution in [-0.4, -0.2) is 63.4 Å². The number of carbonyl (C=O) groups is 1. The van der Waals surface area contributed by atoms with E-state index in [1.54, 1.807) is 13.2 Å². The number of primary amides is 1. The molecule has 4 atom stereocenters. The lowest BCUT2D eigenvalue weighted by molar-refractivity contribution is -0.117. The Morgan fingerprint density at radius 3 is 2.44 bits per heavy atom. The van der Waals surface area contributed by atoms with Gasteiger partial charge in [-0.15, -0.1) is 0 Å². The van der Waals surface area contributed by atoms with E-state index in [1.807, 2.05) is 23.1 Å². The molecular formula is C34H42FN3O3. The van der Waals surface area contributed by atoms with E-state index >= 15 is 4.39 Å². The molecule has 2 aliphatic heterocycles. The van der Waals surface area contributed by atoms with Crippen molar-refractivity contribution in [3.63, 3.8) is 0 Å². The number of methoxy groups -OCH3 is 1. The number of halogens is 1. The molecule has 0 radical (unpaired) electrons. The van der Waals surface area contributed by atoms with E-state index < -0.39 is 5.41 Å². The van der Waals surface area contributed by atoms with Gasteiger partial charge in [0.2, 0.25) is 5.91 Å². The number of ether oxygens (including phenoxy) is 2. The number of aryl methyl sites for hydroxylation is 1. The maximum Gasteiger partial charge on any atom is 0.221 e. The van der Waals surface area contributed by atoms with E-state index in [0.29, 0.717) is 49.7 Å². The molecule has 2 saturated heterocycles. The summed E-state index contributed by atoms with van der Waals surface area (Å²) in [6.45, 7) is 7.89. The number of anilines is 1. The molecule has 4 aliphatic rings. The molecule has 3 fully saturated rings. The van der Waals surface area contributed by atoms with Gasteiger partial charge in [-0.3, -0.25) is 9.69 Å². The third kappa shape index (κ3) is 5.60. The number of rotatable bonds is 10. The van der Waals surface area contributed by atoms with Crippen LogP contribution in [0.3, 0.4) is 0 Å². The van der Waals surface area contributed by atoms with Crippen molar-refractivity contribution in [2.45, 2.75) is 44.2 Å². The van der Waals surface area contributed by atoms with Crippen molar-refractivity contribution in [3.8, 4) is 0 Å². The number of nitrogens with two attached hydrogens (primary N) is 1. The van der Waals surface area contributed by atoms with Gasteiger partial charge in [0, 0.05) is 45.2 Å². The van der Waals surface area contributed by atoms with Crippen LogP contribution >= 0.6 is 0 Å². The highest BCUT2D eigenvalue weighted by Gasteiger charge is 2.59. The molecule has 2 heterocycles. The lowest BCUT2D eigenvalue weighted by atomic mass is 9.66. The Bertz CT molecular complexity index is 1310. The zero-order chi connectivity index (χ0) is 28.6. The van der Waals surface area contributed by atoms with Crippen molar-refractivity contribution in [2.75, 3.05) is 51.4 Å². The van der Waals surface area contributed by atoms with Crippen molar-refractivity contribution in [1.82, 2.24) is 4.90 Å². The Kier molecular flexibility index (Phi) is 8.03. The number of hydrogen-bond acceptors (Lipinski definition) is 5. The molecule has 0 bridgehead atoms. The standard InChI is InChI=1S/C34H42FN3O3/c1-3-23-6-8-24(9-7-23)20-37-21-28-27(29(28)22-37)19-34(12-4-5-25(17-32(36)39)33(34)40-2)26-10-11-31(30(35)18-26)38-13-15-41-16-14-38/h4-12,18,27-29,33H,3,13-17,19-22H2,1-2H3,(H2,36,39). The van der Waals surface area contributed by atoms with Gasteiger partial charge in [-0.1, -0.05) is 55.5 Å². The first-order valence-corrected chi connectivity index (χ1v) is 15.0. The fourth-order valence-electron chi connectivity index (χ4n) is 7.66. The molecule has 0 aromatic heterocycles. The van der Waals surface area contributed by atoms with Gasteiger partial charge in [-0.25, -0.2) is 4.39 Å². The van der Waals surface area contributed by atoms with Crippen molar-refractivity contribution in [2.24, 2.45) is 23.5 Å². The number of likely N-dealkylation sites (tertiary alicyclic amines) is 1. The summed E-state index contributed by atoms with van der Waals surface area (Å²) in [5.41, 5.74) is 10.1. The van der Waals surface area contributed by atoms with Crippen LogP contribution in [0.1, 0.15) is 36.5 Å². The van der Waals surface area contributed by atoms with Gasteiger partial charge in [0.25, 0.3) is 0 Å². The number of nitrogens with zero attached hydrogens (tertiary/aromatic N) is 2. The molecule has 0 spiro atoms. The fourth-order valence-corrected chi connectivity index (χ4v) is 7.66. The van der Waals surface area contributed by atoms with Gasteiger partial charge in [-0.2, -0.15) is 0 Å². The maximum absolute atomic E-state index is 15.7. The minimum absolute atomic E-state index is 0.126. The maximum atomic E-state index is 15.7. The third-order valence-corrected chi connectivity index (χ3v) is 9.82. The van der Waals surface area contributed by atoms with E-state index in [2.05, 4.69) is 48.2 Å². The summed E-state index contributed by atoms with van der Waals surface area (Å²) in [7, 11) is 1.69. The van der Waals surface area contributed by atoms with Gasteiger partial charge in [0.1, 0.15) is 5.82 Å². The Labute approximate surface area is 243 Å². The van der Waals surface area contributed by atoms with Crippen molar-refractivity contribution >= 4 is 11.6 Å². The second-order valence-corrected chi connectivity index (χ2v) is 12.2. The Balaban J connectivity index is 1.23. The number of fused-ring (bicyclic) bond motifs is 1. The Hall–Kier alpha value is -3.00. The summed E-state index contributed by atoms with van der Waals surface area (Å²) in [5, 5.41) is 0. The number of hydrogen-bond donors (Lipinski definition) is 1. The average Bonchev–Trinajstić information content (AvgIpc) is 3.40. The summed E-state index contributed by atoms with van der Waals surface area (Å²) in [5.74, 6) is 1.15. The summed E-state index contributed by atoms with van der Waals surface area (Å²) in [6.07, 6.45) is 7.77. The SMILES string of the molecule is CCc1ccc(CN2CC3C(C2)C3CC2(c3ccc(N4CCOCC4)c(F)c3)C=CC=C(CC(N)=O)C2OC)cc1. The molecule has 218 valence electrons. The molecule has 2 aromatic rings. The molecule has 41 heavy (non-hydrogen) atoms. The molecule has 2 aromatic carbocycles. The number of morpholine rings is 1. The molecule has 7 heteroatoms. The van der Waals surface area contributed by atoms with E-state index in [0.717, 1.165) is 43.6 Å². The first-order chi connectivity index (χ1) is 19.9. The number of amides is 1. The first-order valence-electron chi connectivity index (χ1n) is 15.0. The summed E-state index contributed by atoms with van der Waals surface area (Å²) in [4.78, 5) is 16.6. The van der Waals surface area contributed by atoms with Crippen LogP contribution < -0.4 is 10.6 Å². The van der Waals surface area contributed by atoms with Crippen molar-refractivity contribution in [3.05, 3.63) is 88.8 Å². The van der Waals surface area contributed by atoms with Gasteiger partial charge in [0.15, 0.2) is 0 Å². The Morgan fingerprint density at radius 2 is 1.80 bits per heavy atom. The fraction of sp³-hybridized carbons (Fsp3) is 0.500. The van der Waals surface area contributed by atoms with Crippen molar-refractivity contribution in [1.29, 1.82) is 0 Å². The minimum atomic E-state index is -0.575. The van der Waals surface area contributed by atoms with Crippen LogP contribution in [0.4, 0.5) is 10.1 Å². The smallest absolute Gasteiger partial charge is 0.221 e. The quantitative estimate of drug-likeness (QED) is 0.460.